The zero-order chi connectivity index (χ0) is 14.9. The van der Waals surface area contributed by atoms with Gasteiger partial charge in [0, 0.05) is 12.1 Å². The van der Waals surface area contributed by atoms with Crippen LogP contribution in [-0.4, -0.2) is 13.2 Å². The predicted molar refractivity (Wildman–Crippen MR) is 85.7 cm³/mol. The van der Waals surface area contributed by atoms with Crippen LogP contribution >= 0.6 is 0 Å². The van der Waals surface area contributed by atoms with E-state index >= 15 is 0 Å². The summed E-state index contributed by atoms with van der Waals surface area (Å²) in [6.45, 7) is 3.53. The lowest BCUT2D eigenvalue weighted by Crippen LogP contribution is -2.05. The average Bonchev–Trinajstić information content (AvgIpc) is 2.53. The first-order valence-electron chi connectivity index (χ1n) is 6.95. The number of para-hydroxylation sites is 3. The van der Waals surface area contributed by atoms with Crippen LogP contribution in [0.1, 0.15) is 12.5 Å². The summed E-state index contributed by atoms with van der Waals surface area (Å²) in [6.07, 6.45) is 5.24. The standard InChI is InChI=1S/C18H19NO2/c1-3-13-21-17-11-7-5-9-15(17)14-19-16-10-6-8-12-18(16)20-4-2/h1,5-12,19H,4,13-14H2,2H3. The van der Waals surface area contributed by atoms with Crippen LogP contribution in [0.5, 0.6) is 11.5 Å². The van der Waals surface area contributed by atoms with E-state index in [0.717, 1.165) is 22.7 Å². The van der Waals surface area contributed by atoms with Crippen LogP contribution in [0.15, 0.2) is 48.5 Å². The number of nitrogens with one attached hydrogen (secondary N) is 1. The zero-order valence-electron chi connectivity index (χ0n) is 12.1. The number of hydrogen-bond acceptors (Lipinski definition) is 3. The molecule has 0 aliphatic rings. The average molecular weight is 281 g/mol. The van der Waals surface area contributed by atoms with E-state index < -0.39 is 0 Å². The highest BCUT2D eigenvalue weighted by molar-refractivity contribution is 5.56. The molecule has 0 unspecified atom stereocenters. The Morgan fingerprint density at radius 3 is 2.48 bits per heavy atom. The van der Waals surface area contributed by atoms with E-state index in [1.165, 1.54) is 0 Å². The van der Waals surface area contributed by atoms with E-state index in [9.17, 15) is 0 Å². The van der Waals surface area contributed by atoms with Crippen molar-refractivity contribution in [1.82, 2.24) is 0 Å². The fourth-order valence-electron chi connectivity index (χ4n) is 1.99. The Labute approximate surface area is 125 Å². The van der Waals surface area contributed by atoms with Crippen molar-refractivity contribution in [2.45, 2.75) is 13.5 Å². The molecule has 0 amide bonds. The molecule has 0 bridgehead atoms. The number of ether oxygens (including phenoxy) is 2. The van der Waals surface area contributed by atoms with Gasteiger partial charge < -0.3 is 14.8 Å². The summed E-state index contributed by atoms with van der Waals surface area (Å²) in [5.41, 5.74) is 2.02. The van der Waals surface area contributed by atoms with Gasteiger partial charge in [0.25, 0.3) is 0 Å². The molecule has 0 heterocycles. The van der Waals surface area contributed by atoms with Gasteiger partial charge in [-0.2, -0.15) is 0 Å². The molecule has 0 saturated heterocycles. The molecule has 0 saturated carbocycles. The van der Waals surface area contributed by atoms with E-state index in [2.05, 4.69) is 11.2 Å². The second-order valence-electron chi connectivity index (χ2n) is 4.38. The zero-order valence-corrected chi connectivity index (χ0v) is 12.1. The van der Waals surface area contributed by atoms with Gasteiger partial charge in [-0.25, -0.2) is 0 Å². The molecule has 0 aliphatic carbocycles. The Balaban J connectivity index is 2.08. The molecular formula is C18H19NO2. The van der Waals surface area contributed by atoms with Gasteiger partial charge in [0.05, 0.1) is 12.3 Å². The molecule has 1 N–H and O–H groups in total. The summed E-state index contributed by atoms with van der Waals surface area (Å²) in [4.78, 5) is 0. The first-order chi connectivity index (χ1) is 10.3. The van der Waals surface area contributed by atoms with Gasteiger partial charge in [-0.15, -0.1) is 6.42 Å². The highest BCUT2D eigenvalue weighted by Crippen LogP contribution is 2.26. The molecule has 0 atom stereocenters. The fraction of sp³-hybridized carbons (Fsp3) is 0.222. The van der Waals surface area contributed by atoms with Crippen LogP contribution in [-0.2, 0) is 6.54 Å². The van der Waals surface area contributed by atoms with Gasteiger partial charge in [0.1, 0.15) is 18.1 Å². The summed E-state index contributed by atoms with van der Waals surface area (Å²) < 4.78 is 11.1. The summed E-state index contributed by atoms with van der Waals surface area (Å²) in [5, 5.41) is 3.37. The van der Waals surface area contributed by atoms with Gasteiger partial charge in [-0.05, 0) is 25.1 Å². The number of anilines is 1. The molecule has 21 heavy (non-hydrogen) atoms. The molecular weight excluding hydrogens is 262 g/mol. The lowest BCUT2D eigenvalue weighted by molar-refractivity contribution is 0.341. The van der Waals surface area contributed by atoms with Crippen molar-refractivity contribution in [3.05, 3.63) is 54.1 Å². The van der Waals surface area contributed by atoms with Gasteiger partial charge in [0.2, 0.25) is 0 Å². The van der Waals surface area contributed by atoms with E-state index in [0.29, 0.717) is 13.2 Å². The van der Waals surface area contributed by atoms with Crippen molar-refractivity contribution in [2.24, 2.45) is 0 Å². The number of rotatable bonds is 7. The number of terminal acetylenes is 1. The summed E-state index contributed by atoms with van der Waals surface area (Å²) in [7, 11) is 0. The molecule has 2 aromatic rings. The molecule has 2 rings (SSSR count). The van der Waals surface area contributed by atoms with Crippen LogP contribution in [0.25, 0.3) is 0 Å². The van der Waals surface area contributed by atoms with Crippen molar-refractivity contribution < 1.29 is 9.47 Å². The summed E-state index contributed by atoms with van der Waals surface area (Å²) in [6, 6.07) is 15.7. The van der Waals surface area contributed by atoms with Crippen molar-refractivity contribution in [3.8, 4) is 23.8 Å². The summed E-state index contributed by atoms with van der Waals surface area (Å²) >= 11 is 0. The second kappa shape index (κ2) is 7.86. The minimum Gasteiger partial charge on any atom is -0.492 e. The van der Waals surface area contributed by atoms with Crippen molar-refractivity contribution in [3.63, 3.8) is 0 Å². The Bertz CT molecular complexity index is 617. The SMILES string of the molecule is C#CCOc1ccccc1CNc1ccccc1OCC. The third kappa shape index (κ3) is 4.19. The number of hydrogen-bond donors (Lipinski definition) is 1. The first kappa shape index (κ1) is 14.8. The maximum absolute atomic E-state index is 5.60. The molecule has 3 nitrogen and oxygen atoms in total. The largest absolute Gasteiger partial charge is 0.492 e. The van der Waals surface area contributed by atoms with Crippen LogP contribution in [0.4, 0.5) is 5.69 Å². The molecule has 0 spiro atoms. The van der Waals surface area contributed by atoms with Gasteiger partial charge in [-0.1, -0.05) is 36.3 Å². The van der Waals surface area contributed by atoms with Crippen LogP contribution in [0.2, 0.25) is 0 Å². The minimum absolute atomic E-state index is 0.270. The topological polar surface area (TPSA) is 30.5 Å². The monoisotopic (exact) mass is 281 g/mol. The lowest BCUT2D eigenvalue weighted by Gasteiger charge is -2.14. The highest BCUT2D eigenvalue weighted by Gasteiger charge is 2.05. The van der Waals surface area contributed by atoms with Crippen LogP contribution in [0.3, 0.4) is 0 Å². The second-order valence-corrected chi connectivity index (χ2v) is 4.38. The Morgan fingerprint density at radius 1 is 1.00 bits per heavy atom. The van der Waals surface area contributed by atoms with Crippen molar-refractivity contribution in [1.29, 1.82) is 0 Å². The lowest BCUT2D eigenvalue weighted by atomic mass is 10.2. The predicted octanol–water partition coefficient (Wildman–Crippen LogP) is 3.71. The third-order valence-electron chi connectivity index (χ3n) is 2.94. The first-order valence-corrected chi connectivity index (χ1v) is 6.95. The molecule has 108 valence electrons. The van der Waals surface area contributed by atoms with Crippen molar-refractivity contribution in [2.75, 3.05) is 18.5 Å². The molecule has 3 heteroatoms. The van der Waals surface area contributed by atoms with Gasteiger partial charge >= 0.3 is 0 Å². The van der Waals surface area contributed by atoms with Gasteiger partial charge in [0.15, 0.2) is 0 Å². The van der Waals surface area contributed by atoms with Gasteiger partial charge in [-0.3, -0.25) is 0 Å². The normalized spacial score (nSPS) is 9.71. The smallest absolute Gasteiger partial charge is 0.148 e. The van der Waals surface area contributed by atoms with E-state index in [4.69, 9.17) is 15.9 Å². The minimum atomic E-state index is 0.270. The molecule has 0 fully saturated rings. The number of benzene rings is 2. The molecule has 2 aromatic carbocycles. The maximum Gasteiger partial charge on any atom is 0.148 e. The quantitative estimate of drug-likeness (QED) is 0.785. The Hall–Kier alpha value is -2.60. The molecule has 0 aromatic heterocycles. The molecule has 0 radical (unpaired) electrons. The Kier molecular flexibility index (Phi) is 5.54. The summed E-state index contributed by atoms with van der Waals surface area (Å²) in [5.74, 6) is 4.13. The third-order valence-corrected chi connectivity index (χ3v) is 2.94. The van der Waals surface area contributed by atoms with E-state index in [1.807, 2.05) is 55.5 Å². The maximum atomic E-state index is 5.60. The van der Waals surface area contributed by atoms with E-state index in [-0.39, 0.29) is 6.61 Å². The highest BCUT2D eigenvalue weighted by atomic mass is 16.5. The van der Waals surface area contributed by atoms with Crippen LogP contribution < -0.4 is 14.8 Å². The molecule has 0 aliphatic heterocycles. The van der Waals surface area contributed by atoms with E-state index in [1.54, 1.807) is 0 Å². The Morgan fingerprint density at radius 2 is 1.71 bits per heavy atom. The van der Waals surface area contributed by atoms with Crippen molar-refractivity contribution >= 4 is 5.69 Å². The van der Waals surface area contributed by atoms with Crippen LogP contribution in [0, 0.1) is 12.3 Å². The fourth-order valence-corrected chi connectivity index (χ4v) is 1.99.